The number of benzene rings is 2. The molecule has 0 bridgehead atoms. The highest BCUT2D eigenvalue weighted by Crippen LogP contribution is 2.31. The first-order chi connectivity index (χ1) is 16.3. The van der Waals surface area contributed by atoms with Gasteiger partial charge in [-0.2, -0.15) is 0 Å². The number of nitrogens with zero attached hydrogens (tertiary/aromatic N) is 2. The molecule has 1 amide bonds. The number of rotatable bonds is 7. The fourth-order valence-electron chi connectivity index (χ4n) is 3.77. The summed E-state index contributed by atoms with van der Waals surface area (Å²) < 4.78 is 54.3. The number of carboxylic acid groups (broad SMARTS) is 1. The van der Waals surface area contributed by atoms with Gasteiger partial charge in [-0.05, 0) is 48.7 Å². The van der Waals surface area contributed by atoms with Crippen molar-refractivity contribution in [1.82, 2.24) is 8.87 Å². The number of aromatic nitrogens is 1. The summed E-state index contributed by atoms with van der Waals surface area (Å²) in [7, 11) is -2.80. The summed E-state index contributed by atoms with van der Waals surface area (Å²) in [6.45, 7) is 0.521. The molecule has 0 saturated carbocycles. The third-order valence-electron chi connectivity index (χ3n) is 5.51. The van der Waals surface area contributed by atoms with Crippen molar-refractivity contribution < 1.29 is 32.2 Å². The van der Waals surface area contributed by atoms with Crippen LogP contribution >= 0.6 is 0 Å². The molecule has 1 fully saturated rings. The molecule has 34 heavy (non-hydrogen) atoms. The largest absolute Gasteiger partial charge is 0.465 e. The van der Waals surface area contributed by atoms with E-state index >= 15 is 0 Å². The van der Waals surface area contributed by atoms with Crippen molar-refractivity contribution in [2.45, 2.75) is 37.0 Å². The van der Waals surface area contributed by atoms with Crippen molar-refractivity contribution in [2.24, 2.45) is 0 Å². The molecule has 1 saturated heterocycles. The predicted octanol–water partition coefficient (Wildman–Crippen LogP) is 4.55. The van der Waals surface area contributed by atoms with Gasteiger partial charge in [-0.1, -0.05) is 18.2 Å². The van der Waals surface area contributed by atoms with E-state index in [1.807, 2.05) is 0 Å². The third kappa shape index (κ3) is 5.07. The van der Waals surface area contributed by atoms with Gasteiger partial charge >= 0.3 is 6.09 Å². The zero-order valence-corrected chi connectivity index (χ0v) is 19.4. The van der Waals surface area contributed by atoms with Crippen LogP contribution in [0.15, 0.2) is 65.7 Å². The van der Waals surface area contributed by atoms with Gasteiger partial charge in [0.2, 0.25) is 0 Å². The van der Waals surface area contributed by atoms with E-state index in [2.05, 4.69) is 0 Å². The van der Waals surface area contributed by atoms with Gasteiger partial charge in [-0.3, -0.25) is 0 Å². The molecular weight excluding hydrogens is 463 g/mol. The first-order valence-electron chi connectivity index (χ1n) is 10.8. The molecule has 2 aromatic carbocycles. The minimum absolute atomic E-state index is 0.0489. The minimum Gasteiger partial charge on any atom is -0.465 e. The molecule has 0 aliphatic carbocycles. The minimum atomic E-state index is -4.17. The summed E-state index contributed by atoms with van der Waals surface area (Å²) >= 11 is 0. The average Bonchev–Trinajstić information content (AvgIpc) is 3.24. The van der Waals surface area contributed by atoms with Crippen LogP contribution in [-0.4, -0.2) is 48.4 Å². The van der Waals surface area contributed by atoms with E-state index in [0.29, 0.717) is 24.3 Å². The molecule has 3 aromatic rings. The molecule has 0 spiro atoms. The number of halogens is 1. The average molecular weight is 489 g/mol. The Labute approximate surface area is 197 Å². The molecule has 1 unspecified atom stereocenters. The Kier molecular flexibility index (Phi) is 6.90. The summed E-state index contributed by atoms with van der Waals surface area (Å²) in [5, 5.41) is 9.20. The van der Waals surface area contributed by atoms with Gasteiger partial charge in [0.1, 0.15) is 11.6 Å². The lowest BCUT2D eigenvalue weighted by atomic mass is 10.1. The Morgan fingerprint density at radius 2 is 2.00 bits per heavy atom. The van der Waals surface area contributed by atoms with Crippen molar-refractivity contribution in [3.8, 4) is 17.0 Å². The van der Waals surface area contributed by atoms with Crippen molar-refractivity contribution in [3.63, 3.8) is 0 Å². The molecule has 4 rings (SSSR count). The maximum atomic E-state index is 14.6. The van der Waals surface area contributed by atoms with Crippen LogP contribution in [0.2, 0.25) is 0 Å². The molecule has 0 radical (unpaired) electrons. The Hall–Kier alpha value is -3.37. The third-order valence-corrected chi connectivity index (χ3v) is 7.18. The topological polar surface area (TPSA) is 98.1 Å². The lowest BCUT2D eigenvalue weighted by Gasteiger charge is -2.23. The summed E-state index contributed by atoms with van der Waals surface area (Å²) in [6.07, 6.45) is 2.34. The first-order valence-corrected chi connectivity index (χ1v) is 12.2. The van der Waals surface area contributed by atoms with Crippen molar-refractivity contribution in [2.75, 3.05) is 13.7 Å². The normalized spacial score (nSPS) is 16.2. The van der Waals surface area contributed by atoms with Crippen LogP contribution in [-0.2, 0) is 21.3 Å². The zero-order chi connectivity index (χ0) is 24.3. The Morgan fingerprint density at radius 1 is 1.21 bits per heavy atom. The molecule has 1 aromatic heterocycles. The van der Waals surface area contributed by atoms with Gasteiger partial charge in [0.15, 0.2) is 6.29 Å². The van der Waals surface area contributed by atoms with Gasteiger partial charge in [0.05, 0.1) is 23.7 Å². The van der Waals surface area contributed by atoms with Crippen LogP contribution in [0.25, 0.3) is 11.3 Å². The zero-order valence-electron chi connectivity index (χ0n) is 18.6. The van der Waals surface area contributed by atoms with Crippen LogP contribution in [0, 0.1) is 5.82 Å². The highest BCUT2D eigenvalue weighted by molar-refractivity contribution is 7.90. The monoisotopic (exact) mass is 488 g/mol. The second kappa shape index (κ2) is 9.86. The molecule has 8 nitrogen and oxygen atoms in total. The molecule has 1 atom stereocenters. The fourth-order valence-corrected chi connectivity index (χ4v) is 5.19. The van der Waals surface area contributed by atoms with E-state index in [9.17, 15) is 22.7 Å². The van der Waals surface area contributed by atoms with E-state index in [4.69, 9.17) is 9.47 Å². The lowest BCUT2D eigenvalue weighted by molar-refractivity contribution is -0.106. The second-order valence-corrected chi connectivity index (χ2v) is 9.86. The highest BCUT2D eigenvalue weighted by atomic mass is 32.2. The maximum absolute atomic E-state index is 14.6. The quantitative estimate of drug-likeness (QED) is 0.524. The van der Waals surface area contributed by atoms with E-state index < -0.39 is 28.2 Å². The first kappa shape index (κ1) is 23.8. The maximum Gasteiger partial charge on any atom is 0.407 e. The van der Waals surface area contributed by atoms with Gasteiger partial charge in [-0.25, -0.2) is 21.6 Å². The van der Waals surface area contributed by atoms with Gasteiger partial charge in [0.25, 0.3) is 10.0 Å². The van der Waals surface area contributed by atoms with Gasteiger partial charge in [-0.15, -0.1) is 0 Å². The summed E-state index contributed by atoms with van der Waals surface area (Å²) in [5.74, 6) is -0.250. The number of carbonyl (C=O) groups is 1. The SMILES string of the molecule is CN(Cc1cc(-c2ccccc2F)n(S(=O)(=O)c2cccc(OC3CCCCO3)c2)c1)C(=O)O. The molecular formula is C24H25FN2O6S. The molecule has 1 aliphatic heterocycles. The van der Waals surface area contributed by atoms with E-state index in [0.717, 1.165) is 21.7 Å². The molecule has 10 heteroatoms. The van der Waals surface area contributed by atoms with E-state index in [1.165, 1.54) is 49.6 Å². The molecule has 1 N–H and O–H groups in total. The number of ether oxygens (including phenoxy) is 2. The molecule has 1 aliphatic rings. The van der Waals surface area contributed by atoms with Crippen molar-refractivity contribution in [3.05, 3.63) is 72.2 Å². The van der Waals surface area contributed by atoms with Crippen LogP contribution < -0.4 is 4.74 Å². The van der Waals surface area contributed by atoms with Crippen LogP contribution in [0.4, 0.5) is 9.18 Å². The van der Waals surface area contributed by atoms with Gasteiger partial charge < -0.3 is 19.5 Å². The van der Waals surface area contributed by atoms with Crippen molar-refractivity contribution >= 4 is 16.1 Å². The van der Waals surface area contributed by atoms with E-state index in [1.54, 1.807) is 18.2 Å². The lowest BCUT2D eigenvalue weighted by Crippen LogP contribution is -2.25. The fraction of sp³-hybridized carbons (Fsp3) is 0.292. The molecule has 180 valence electrons. The van der Waals surface area contributed by atoms with Crippen LogP contribution in [0.5, 0.6) is 5.75 Å². The Morgan fingerprint density at radius 3 is 2.71 bits per heavy atom. The Bertz CT molecular complexity index is 1280. The summed E-state index contributed by atoms with van der Waals surface area (Å²) in [6, 6.07) is 13.3. The number of hydrogen-bond acceptors (Lipinski definition) is 5. The van der Waals surface area contributed by atoms with Crippen LogP contribution in [0.1, 0.15) is 24.8 Å². The predicted molar refractivity (Wildman–Crippen MR) is 123 cm³/mol. The van der Waals surface area contributed by atoms with Crippen molar-refractivity contribution in [1.29, 1.82) is 0 Å². The summed E-state index contributed by atoms with van der Waals surface area (Å²) in [5.41, 5.74) is 0.571. The smallest absolute Gasteiger partial charge is 0.407 e. The highest BCUT2D eigenvalue weighted by Gasteiger charge is 2.25. The van der Waals surface area contributed by atoms with Gasteiger partial charge in [0, 0.05) is 31.3 Å². The molecule has 2 heterocycles. The second-order valence-electron chi connectivity index (χ2n) is 8.04. The van der Waals surface area contributed by atoms with Crippen LogP contribution in [0.3, 0.4) is 0 Å². The summed E-state index contributed by atoms with van der Waals surface area (Å²) in [4.78, 5) is 12.2. The van der Waals surface area contributed by atoms with E-state index in [-0.39, 0.29) is 22.7 Å². The standard InChI is InChI=1S/C24H25FN2O6S/c1-26(24(28)29)15-17-13-22(20-9-2-3-10-21(20)25)27(16-17)34(30,31)19-8-6-7-18(14-19)33-23-11-4-5-12-32-23/h2-3,6-10,13-14,16,23H,4-5,11-12,15H2,1H3,(H,28,29). The number of hydrogen-bond donors (Lipinski definition) is 1. The Balaban J connectivity index is 1.74. The number of amides is 1.